The minimum absolute atomic E-state index is 0.216. The van der Waals surface area contributed by atoms with Gasteiger partial charge in [-0.1, -0.05) is 18.9 Å². The van der Waals surface area contributed by atoms with Crippen molar-refractivity contribution < 1.29 is 9.31 Å². The molecule has 1 atom stereocenters. The summed E-state index contributed by atoms with van der Waals surface area (Å²) in [4.78, 5) is 12.4. The second kappa shape index (κ2) is 5.33. The molecular weight excluding hydrogens is 235 g/mol. The molecule has 0 aromatic heterocycles. The van der Waals surface area contributed by atoms with Gasteiger partial charge in [0.05, 0.1) is 4.92 Å². The highest BCUT2D eigenvalue weighted by Crippen LogP contribution is 2.34. The monoisotopic (exact) mass is 252 g/mol. The number of nitro groups is 1. The van der Waals surface area contributed by atoms with Gasteiger partial charge in [0.15, 0.2) is 0 Å². The van der Waals surface area contributed by atoms with Gasteiger partial charge in [-0.2, -0.15) is 4.39 Å². The highest BCUT2D eigenvalue weighted by molar-refractivity contribution is 5.64. The summed E-state index contributed by atoms with van der Waals surface area (Å²) in [5, 5.41) is 11.0. The molecule has 1 unspecified atom stereocenters. The van der Waals surface area contributed by atoms with Crippen LogP contribution in [0, 0.1) is 15.9 Å². The molecule has 0 N–H and O–H groups in total. The van der Waals surface area contributed by atoms with Gasteiger partial charge in [0.2, 0.25) is 5.82 Å². The molecule has 98 valence electrons. The van der Waals surface area contributed by atoms with Crippen LogP contribution in [0.1, 0.15) is 32.6 Å². The van der Waals surface area contributed by atoms with Gasteiger partial charge in [0.25, 0.3) is 0 Å². The van der Waals surface area contributed by atoms with Gasteiger partial charge in [0, 0.05) is 12.6 Å². The molecule has 0 amide bonds. The minimum atomic E-state index is -0.756. The summed E-state index contributed by atoms with van der Waals surface area (Å²) in [5.41, 5.74) is 0.0145. The summed E-state index contributed by atoms with van der Waals surface area (Å²) in [7, 11) is 0. The number of anilines is 1. The van der Waals surface area contributed by atoms with E-state index in [9.17, 15) is 14.5 Å². The van der Waals surface area contributed by atoms with Gasteiger partial charge in [0.1, 0.15) is 5.69 Å². The van der Waals surface area contributed by atoms with Crippen LogP contribution in [0.25, 0.3) is 0 Å². The van der Waals surface area contributed by atoms with Gasteiger partial charge < -0.3 is 4.90 Å². The van der Waals surface area contributed by atoms with Crippen molar-refractivity contribution in [2.75, 3.05) is 11.4 Å². The maximum atomic E-state index is 13.6. The Hall–Kier alpha value is -1.65. The van der Waals surface area contributed by atoms with E-state index in [2.05, 4.69) is 0 Å². The lowest BCUT2D eigenvalue weighted by atomic mass is 10.1. The Morgan fingerprint density at radius 2 is 2.17 bits per heavy atom. The smallest absolute Gasteiger partial charge is 0.327 e. The van der Waals surface area contributed by atoms with Crippen LogP contribution in [-0.2, 0) is 0 Å². The molecule has 0 radical (unpaired) electrons. The number of nitrogens with zero attached hydrogens (tertiary/aromatic N) is 2. The predicted molar refractivity (Wildman–Crippen MR) is 68.3 cm³/mol. The molecule has 18 heavy (non-hydrogen) atoms. The molecule has 1 saturated heterocycles. The van der Waals surface area contributed by atoms with Crippen LogP contribution in [0.4, 0.5) is 15.8 Å². The summed E-state index contributed by atoms with van der Waals surface area (Å²) in [6, 6.07) is 4.54. The number of para-hydroxylation sites is 1. The largest absolute Gasteiger partial charge is 0.363 e. The Balaban J connectivity index is 2.42. The normalized spacial score (nSPS) is 20.6. The Bertz CT molecular complexity index is 451. The van der Waals surface area contributed by atoms with E-state index in [0.717, 1.165) is 38.3 Å². The third-order valence-corrected chi connectivity index (χ3v) is 3.51. The summed E-state index contributed by atoms with van der Waals surface area (Å²) < 4.78 is 13.6. The van der Waals surface area contributed by atoms with Crippen LogP contribution in [0.3, 0.4) is 0 Å². The first-order valence-electron chi connectivity index (χ1n) is 6.31. The zero-order valence-electron chi connectivity index (χ0n) is 10.4. The highest BCUT2D eigenvalue weighted by Gasteiger charge is 2.27. The van der Waals surface area contributed by atoms with Crippen molar-refractivity contribution in [2.45, 2.75) is 38.6 Å². The summed E-state index contributed by atoms with van der Waals surface area (Å²) in [5.74, 6) is -0.756. The molecule has 0 spiro atoms. The van der Waals surface area contributed by atoms with Gasteiger partial charge >= 0.3 is 5.69 Å². The molecule has 1 aromatic rings. The SMILES string of the molecule is CC1CCCCCN1c1cccc(F)c1[N+](=O)[O-]. The van der Waals surface area contributed by atoms with E-state index in [1.165, 1.54) is 6.07 Å². The molecule has 1 aliphatic rings. The quantitative estimate of drug-likeness (QED) is 0.597. The second-order valence-electron chi connectivity index (χ2n) is 4.76. The minimum Gasteiger partial charge on any atom is -0.363 e. The first kappa shape index (κ1) is 12.8. The number of nitro benzene ring substituents is 1. The highest BCUT2D eigenvalue weighted by atomic mass is 19.1. The number of hydrogen-bond donors (Lipinski definition) is 0. The average molecular weight is 252 g/mol. The third-order valence-electron chi connectivity index (χ3n) is 3.51. The molecule has 0 aliphatic carbocycles. The molecular formula is C13H17FN2O2. The van der Waals surface area contributed by atoms with Crippen molar-refractivity contribution in [3.05, 3.63) is 34.1 Å². The van der Waals surface area contributed by atoms with Crippen molar-refractivity contribution >= 4 is 11.4 Å². The number of rotatable bonds is 2. The van der Waals surface area contributed by atoms with E-state index >= 15 is 0 Å². The lowest BCUT2D eigenvalue weighted by Gasteiger charge is -2.28. The molecule has 1 aromatic carbocycles. The topological polar surface area (TPSA) is 46.4 Å². The van der Waals surface area contributed by atoms with Gasteiger partial charge in [-0.25, -0.2) is 0 Å². The van der Waals surface area contributed by atoms with Crippen molar-refractivity contribution in [3.8, 4) is 0 Å². The molecule has 4 nitrogen and oxygen atoms in total. The molecule has 2 rings (SSSR count). The van der Waals surface area contributed by atoms with E-state index < -0.39 is 16.4 Å². The Morgan fingerprint density at radius 1 is 1.39 bits per heavy atom. The Morgan fingerprint density at radius 3 is 2.89 bits per heavy atom. The van der Waals surface area contributed by atoms with Crippen molar-refractivity contribution in [3.63, 3.8) is 0 Å². The van der Waals surface area contributed by atoms with E-state index in [4.69, 9.17) is 0 Å². The number of hydrogen-bond acceptors (Lipinski definition) is 3. The van der Waals surface area contributed by atoms with Gasteiger partial charge in [-0.15, -0.1) is 0 Å². The zero-order valence-corrected chi connectivity index (χ0v) is 10.4. The average Bonchev–Trinajstić information content (AvgIpc) is 2.53. The zero-order chi connectivity index (χ0) is 13.1. The van der Waals surface area contributed by atoms with Crippen molar-refractivity contribution in [1.82, 2.24) is 0 Å². The lowest BCUT2D eigenvalue weighted by Crippen LogP contribution is -2.33. The van der Waals surface area contributed by atoms with Gasteiger partial charge in [-0.3, -0.25) is 10.1 Å². The maximum absolute atomic E-state index is 13.6. The van der Waals surface area contributed by atoms with Crippen LogP contribution in [0.15, 0.2) is 18.2 Å². The maximum Gasteiger partial charge on any atom is 0.327 e. The van der Waals surface area contributed by atoms with E-state index in [-0.39, 0.29) is 6.04 Å². The first-order chi connectivity index (χ1) is 8.61. The molecule has 5 heteroatoms. The first-order valence-corrected chi connectivity index (χ1v) is 6.31. The van der Waals surface area contributed by atoms with Crippen LogP contribution in [0.5, 0.6) is 0 Å². The van der Waals surface area contributed by atoms with Crippen molar-refractivity contribution in [1.29, 1.82) is 0 Å². The fraction of sp³-hybridized carbons (Fsp3) is 0.538. The van der Waals surface area contributed by atoms with Crippen LogP contribution < -0.4 is 4.90 Å². The van der Waals surface area contributed by atoms with Crippen molar-refractivity contribution in [2.24, 2.45) is 0 Å². The molecule has 1 heterocycles. The molecule has 1 aliphatic heterocycles. The fourth-order valence-electron chi connectivity index (χ4n) is 2.55. The lowest BCUT2D eigenvalue weighted by molar-refractivity contribution is -0.386. The van der Waals surface area contributed by atoms with E-state index in [1.807, 2.05) is 11.8 Å². The molecule has 0 bridgehead atoms. The molecule has 0 saturated carbocycles. The number of benzene rings is 1. The second-order valence-corrected chi connectivity index (χ2v) is 4.76. The third kappa shape index (κ3) is 2.44. The standard InChI is InChI=1S/C13H17FN2O2/c1-10-6-3-2-4-9-15(10)12-8-5-7-11(14)13(12)16(17)18/h5,7-8,10H,2-4,6,9H2,1H3. The summed E-state index contributed by atoms with van der Waals surface area (Å²) in [6.07, 6.45) is 4.25. The van der Waals surface area contributed by atoms with E-state index in [0.29, 0.717) is 5.69 Å². The fourth-order valence-corrected chi connectivity index (χ4v) is 2.55. The Labute approximate surface area is 106 Å². The van der Waals surface area contributed by atoms with E-state index in [1.54, 1.807) is 6.07 Å². The van der Waals surface area contributed by atoms with Crippen LogP contribution in [0.2, 0.25) is 0 Å². The summed E-state index contributed by atoms with van der Waals surface area (Å²) >= 11 is 0. The number of halogens is 1. The van der Waals surface area contributed by atoms with Gasteiger partial charge in [-0.05, 0) is 31.9 Å². The van der Waals surface area contributed by atoms with Crippen LogP contribution in [-0.4, -0.2) is 17.5 Å². The Kier molecular flexibility index (Phi) is 3.79. The molecule has 1 fully saturated rings. The summed E-state index contributed by atoms with van der Waals surface area (Å²) in [6.45, 7) is 2.80. The van der Waals surface area contributed by atoms with Crippen LogP contribution >= 0.6 is 0 Å². The predicted octanol–water partition coefficient (Wildman–Crippen LogP) is 3.50.